The molecule has 2 aromatic heterocycles. The fourth-order valence-corrected chi connectivity index (χ4v) is 6.66. The van der Waals surface area contributed by atoms with Gasteiger partial charge in [0.2, 0.25) is 5.91 Å². The monoisotopic (exact) mass is 527 g/mol. The van der Waals surface area contributed by atoms with Crippen LogP contribution in [0.2, 0.25) is 0 Å². The SMILES string of the molecule is CC[C@H](Sc1nc2sc(C(=O)Nc3ccc(C)cc3C)c(C)c2c(=O)n1N)C(=O)NC1CCCCC1. The Bertz CT molecular complexity index is 1360. The number of nitrogens with zero attached hydrogens (tertiary/aromatic N) is 2. The van der Waals surface area contributed by atoms with Gasteiger partial charge in [0.15, 0.2) is 5.16 Å². The van der Waals surface area contributed by atoms with Gasteiger partial charge in [0, 0.05) is 11.7 Å². The van der Waals surface area contributed by atoms with Crippen molar-refractivity contribution in [2.24, 2.45) is 0 Å². The maximum absolute atomic E-state index is 13.2. The number of thioether (sulfide) groups is 1. The summed E-state index contributed by atoms with van der Waals surface area (Å²) in [6.07, 6.45) is 6.05. The molecular weight excluding hydrogens is 494 g/mol. The normalized spacial score (nSPS) is 15.1. The highest BCUT2D eigenvalue weighted by atomic mass is 32.2. The van der Waals surface area contributed by atoms with Gasteiger partial charge in [0.05, 0.1) is 15.5 Å². The molecule has 1 atom stereocenters. The number of rotatable bonds is 7. The second-order valence-corrected chi connectivity index (χ2v) is 11.6. The smallest absolute Gasteiger partial charge is 0.281 e. The van der Waals surface area contributed by atoms with E-state index in [1.807, 2.05) is 39.0 Å². The second-order valence-electron chi connectivity index (χ2n) is 9.44. The average molecular weight is 528 g/mol. The minimum Gasteiger partial charge on any atom is -0.352 e. The number of anilines is 1. The highest BCUT2D eigenvalue weighted by Gasteiger charge is 2.26. The third-order valence-electron chi connectivity index (χ3n) is 6.66. The summed E-state index contributed by atoms with van der Waals surface area (Å²) in [5, 5.41) is 6.28. The van der Waals surface area contributed by atoms with Gasteiger partial charge in [-0.25, -0.2) is 9.66 Å². The van der Waals surface area contributed by atoms with Crippen molar-refractivity contribution in [3.05, 3.63) is 50.1 Å². The van der Waals surface area contributed by atoms with Gasteiger partial charge < -0.3 is 16.5 Å². The molecule has 0 bridgehead atoms. The van der Waals surface area contributed by atoms with Crippen LogP contribution in [-0.2, 0) is 4.79 Å². The lowest BCUT2D eigenvalue weighted by Gasteiger charge is -2.25. The standard InChI is InChI=1S/C26H33N5O3S2/c1-5-19(22(32)28-17-9-7-6-8-10-17)35-26-30-24-20(25(34)31(26)27)16(4)21(36-24)23(33)29-18-12-11-14(2)13-15(18)3/h11-13,17,19H,5-10,27H2,1-4H3,(H,28,32)(H,29,33)/t19-/m0/s1. The fourth-order valence-electron chi connectivity index (χ4n) is 4.60. The number of thiophene rings is 1. The van der Waals surface area contributed by atoms with E-state index in [-0.39, 0.29) is 23.0 Å². The van der Waals surface area contributed by atoms with Crippen LogP contribution in [0.25, 0.3) is 10.2 Å². The Kier molecular flexibility index (Phi) is 8.04. The predicted octanol–water partition coefficient (Wildman–Crippen LogP) is 4.67. The second kappa shape index (κ2) is 11.0. The first-order valence-corrected chi connectivity index (χ1v) is 14.1. The molecule has 1 saturated carbocycles. The highest BCUT2D eigenvalue weighted by Crippen LogP contribution is 2.31. The number of nitrogens with two attached hydrogens (primary N) is 1. The van der Waals surface area contributed by atoms with Crippen LogP contribution in [0.3, 0.4) is 0 Å². The van der Waals surface area contributed by atoms with Gasteiger partial charge in [-0.1, -0.05) is 55.6 Å². The first-order chi connectivity index (χ1) is 17.2. The molecular formula is C26H33N5O3S2. The summed E-state index contributed by atoms with van der Waals surface area (Å²) in [5.74, 6) is 5.79. The summed E-state index contributed by atoms with van der Waals surface area (Å²) in [4.78, 5) is 44.7. The van der Waals surface area contributed by atoms with Gasteiger partial charge in [0.25, 0.3) is 11.5 Å². The maximum atomic E-state index is 13.2. The van der Waals surface area contributed by atoms with Crippen molar-refractivity contribution >= 4 is 50.8 Å². The quantitative estimate of drug-likeness (QED) is 0.233. The van der Waals surface area contributed by atoms with Gasteiger partial charge in [-0.3, -0.25) is 14.4 Å². The van der Waals surface area contributed by atoms with Crippen LogP contribution < -0.4 is 22.0 Å². The zero-order valence-electron chi connectivity index (χ0n) is 21.1. The van der Waals surface area contributed by atoms with E-state index >= 15 is 0 Å². The van der Waals surface area contributed by atoms with E-state index in [1.54, 1.807) is 6.92 Å². The van der Waals surface area contributed by atoms with Crippen molar-refractivity contribution in [2.45, 2.75) is 82.7 Å². The molecule has 192 valence electrons. The number of carbonyl (C=O) groups is 2. The van der Waals surface area contributed by atoms with Crippen molar-refractivity contribution in [1.82, 2.24) is 15.0 Å². The Morgan fingerprint density at radius 1 is 1.22 bits per heavy atom. The summed E-state index contributed by atoms with van der Waals surface area (Å²) in [6, 6.07) is 6.01. The molecule has 0 unspecified atom stereocenters. The number of nitrogens with one attached hydrogen (secondary N) is 2. The molecule has 1 fully saturated rings. The lowest BCUT2D eigenvalue weighted by molar-refractivity contribution is -0.121. The van der Waals surface area contributed by atoms with Crippen LogP contribution >= 0.6 is 23.1 Å². The third kappa shape index (κ3) is 5.44. The van der Waals surface area contributed by atoms with E-state index in [0.717, 1.165) is 58.5 Å². The average Bonchev–Trinajstić information content (AvgIpc) is 3.18. The topological polar surface area (TPSA) is 119 Å². The summed E-state index contributed by atoms with van der Waals surface area (Å²) >= 11 is 2.35. The lowest BCUT2D eigenvalue weighted by atomic mass is 9.95. The van der Waals surface area contributed by atoms with Crippen molar-refractivity contribution in [2.75, 3.05) is 11.2 Å². The van der Waals surface area contributed by atoms with Crippen LogP contribution in [0.4, 0.5) is 5.69 Å². The van der Waals surface area contributed by atoms with E-state index in [9.17, 15) is 14.4 Å². The van der Waals surface area contributed by atoms with Crippen molar-refractivity contribution in [3.63, 3.8) is 0 Å². The Balaban J connectivity index is 1.59. The Hall–Kier alpha value is -2.85. The molecule has 0 radical (unpaired) electrons. The molecule has 0 aliphatic heterocycles. The van der Waals surface area contributed by atoms with Crippen molar-refractivity contribution in [3.8, 4) is 0 Å². The Morgan fingerprint density at radius 3 is 2.61 bits per heavy atom. The summed E-state index contributed by atoms with van der Waals surface area (Å²) in [7, 11) is 0. The molecule has 1 aliphatic carbocycles. The predicted molar refractivity (Wildman–Crippen MR) is 148 cm³/mol. The van der Waals surface area contributed by atoms with E-state index in [0.29, 0.717) is 27.1 Å². The van der Waals surface area contributed by atoms with Crippen LogP contribution in [0.5, 0.6) is 0 Å². The minimum atomic E-state index is -0.427. The first-order valence-electron chi connectivity index (χ1n) is 12.4. The molecule has 3 aromatic rings. The van der Waals surface area contributed by atoms with Crippen LogP contribution in [0.1, 0.15) is 71.8 Å². The number of nitrogen functional groups attached to an aromatic ring is 1. The number of benzene rings is 1. The van der Waals surface area contributed by atoms with Gasteiger partial charge >= 0.3 is 0 Å². The van der Waals surface area contributed by atoms with Gasteiger partial charge in [-0.05, 0) is 57.2 Å². The van der Waals surface area contributed by atoms with E-state index < -0.39 is 10.8 Å². The summed E-state index contributed by atoms with van der Waals surface area (Å²) in [6.45, 7) is 7.60. The lowest BCUT2D eigenvalue weighted by Crippen LogP contribution is -2.41. The third-order valence-corrected chi connectivity index (χ3v) is 9.18. The number of amides is 2. The van der Waals surface area contributed by atoms with Gasteiger partial charge in [0.1, 0.15) is 4.83 Å². The van der Waals surface area contributed by atoms with Crippen LogP contribution in [0.15, 0.2) is 28.2 Å². The van der Waals surface area contributed by atoms with Gasteiger partial charge in [-0.2, -0.15) is 0 Å². The van der Waals surface area contributed by atoms with E-state index in [2.05, 4.69) is 15.6 Å². The van der Waals surface area contributed by atoms with Crippen molar-refractivity contribution in [1.29, 1.82) is 0 Å². The number of fused-ring (bicyclic) bond motifs is 1. The fraction of sp³-hybridized carbons (Fsp3) is 0.462. The summed E-state index contributed by atoms with van der Waals surface area (Å²) < 4.78 is 0.995. The minimum absolute atomic E-state index is 0.0559. The summed E-state index contributed by atoms with van der Waals surface area (Å²) in [5.41, 5.74) is 2.91. The Morgan fingerprint density at radius 2 is 1.94 bits per heavy atom. The zero-order valence-corrected chi connectivity index (χ0v) is 22.8. The molecule has 4 rings (SSSR count). The van der Waals surface area contributed by atoms with E-state index in [4.69, 9.17) is 5.84 Å². The molecule has 2 heterocycles. The number of aryl methyl sites for hydroxylation is 3. The molecule has 10 heteroatoms. The molecule has 8 nitrogen and oxygen atoms in total. The first kappa shape index (κ1) is 26.2. The van der Waals surface area contributed by atoms with Crippen molar-refractivity contribution < 1.29 is 9.59 Å². The van der Waals surface area contributed by atoms with E-state index in [1.165, 1.54) is 18.2 Å². The molecule has 0 spiro atoms. The van der Waals surface area contributed by atoms with Crippen LogP contribution in [0, 0.1) is 20.8 Å². The molecule has 2 amide bonds. The molecule has 36 heavy (non-hydrogen) atoms. The molecule has 1 aromatic carbocycles. The number of aromatic nitrogens is 2. The number of carbonyl (C=O) groups excluding carboxylic acids is 2. The highest BCUT2D eigenvalue weighted by molar-refractivity contribution is 8.00. The number of hydrogen-bond donors (Lipinski definition) is 3. The molecule has 4 N–H and O–H groups in total. The number of hydrogen-bond acceptors (Lipinski definition) is 7. The zero-order chi connectivity index (χ0) is 26.0. The Labute approximate surface area is 219 Å². The van der Waals surface area contributed by atoms with Gasteiger partial charge in [-0.15, -0.1) is 11.3 Å². The largest absolute Gasteiger partial charge is 0.352 e. The maximum Gasteiger partial charge on any atom is 0.281 e. The molecule has 1 aliphatic rings. The van der Waals surface area contributed by atoms with Crippen LogP contribution in [-0.4, -0.2) is 32.8 Å². The molecule has 0 saturated heterocycles.